The highest BCUT2D eigenvalue weighted by Crippen LogP contribution is 2.28. The Kier molecular flexibility index (Phi) is 4.09. The van der Waals surface area contributed by atoms with E-state index in [-0.39, 0.29) is 0 Å². The lowest BCUT2D eigenvalue weighted by Crippen LogP contribution is -2.27. The van der Waals surface area contributed by atoms with E-state index in [1.165, 1.54) is 32.1 Å². The van der Waals surface area contributed by atoms with Crippen LogP contribution in [0.3, 0.4) is 0 Å². The maximum Gasteiger partial charge on any atom is 0.101 e. The average molecular weight is 243 g/mol. The van der Waals surface area contributed by atoms with Crippen molar-refractivity contribution >= 4 is 11.4 Å². The number of hydrogen-bond donors (Lipinski definition) is 2. The number of rotatable bonds is 3. The first-order valence-corrected chi connectivity index (χ1v) is 6.77. The molecule has 1 aromatic carbocycles. The van der Waals surface area contributed by atoms with Crippen LogP contribution in [0.15, 0.2) is 18.2 Å². The number of nitrogens with two attached hydrogens (primary N) is 1. The Balaban J connectivity index is 2.02. The standard InChI is InChI=1S/C15H21N3/c1-11(12-5-3-2-4-6-12)18-14-7-8-15(17)13(9-14)10-16/h7-9,11-12,18H,2-6,17H2,1H3. The molecule has 96 valence electrons. The van der Waals surface area contributed by atoms with Crippen molar-refractivity contribution in [2.24, 2.45) is 5.92 Å². The first kappa shape index (κ1) is 12.8. The fourth-order valence-corrected chi connectivity index (χ4v) is 2.76. The SMILES string of the molecule is CC(Nc1ccc(N)c(C#N)c1)C1CCCCC1. The summed E-state index contributed by atoms with van der Waals surface area (Å²) in [6, 6.07) is 8.18. The maximum absolute atomic E-state index is 8.97. The van der Waals surface area contributed by atoms with E-state index in [1.807, 2.05) is 12.1 Å². The fraction of sp³-hybridized carbons (Fsp3) is 0.533. The molecule has 1 atom stereocenters. The van der Waals surface area contributed by atoms with Gasteiger partial charge in [-0.05, 0) is 43.9 Å². The van der Waals surface area contributed by atoms with E-state index in [2.05, 4.69) is 18.3 Å². The van der Waals surface area contributed by atoms with Crippen molar-refractivity contribution in [3.63, 3.8) is 0 Å². The molecule has 1 unspecified atom stereocenters. The molecule has 0 aromatic heterocycles. The summed E-state index contributed by atoms with van der Waals surface area (Å²) in [6.07, 6.45) is 6.70. The van der Waals surface area contributed by atoms with Gasteiger partial charge in [-0.2, -0.15) is 5.26 Å². The number of benzene rings is 1. The molecule has 3 N–H and O–H groups in total. The summed E-state index contributed by atoms with van der Waals surface area (Å²) in [4.78, 5) is 0. The monoisotopic (exact) mass is 243 g/mol. The molecule has 1 aliphatic carbocycles. The van der Waals surface area contributed by atoms with Crippen molar-refractivity contribution in [3.8, 4) is 6.07 Å². The van der Waals surface area contributed by atoms with E-state index in [9.17, 15) is 0 Å². The predicted molar refractivity (Wildman–Crippen MR) is 75.2 cm³/mol. The molecule has 1 fully saturated rings. The van der Waals surface area contributed by atoms with Crippen molar-refractivity contribution in [3.05, 3.63) is 23.8 Å². The van der Waals surface area contributed by atoms with Crippen molar-refractivity contribution < 1.29 is 0 Å². The van der Waals surface area contributed by atoms with Gasteiger partial charge in [0.2, 0.25) is 0 Å². The third kappa shape index (κ3) is 2.95. The summed E-state index contributed by atoms with van der Waals surface area (Å²) in [5.74, 6) is 0.752. The highest BCUT2D eigenvalue weighted by Gasteiger charge is 2.19. The molecule has 1 aliphatic rings. The summed E-state index contributed by atoms with van der Waals surface area (Å²) in [7, 11) is 0. The molecular weight excluding hydrogens is 222 g/mol. The molecule has 1 aromatic rings. The Bertz CT molecular complexity index is 442. The third-order valence-electron chi connectivity index (χ3n) is 3.93. The van der Waals surface area contributed by atoms with Crippen molar-refractivity contribution in [1.82, 2.24) is 0 Å². The Labute approximate surface area is 109 Å². The van der Waals surface area contributed by atoms with Crippen LogP contribution >= 0.6 is 0 Å². The largest absolute Gasteiger partial charge is 0.398 e. The number of nitrogen functional groups attached to an aromatic ring is 1. The van der Waals surface area contributed by atoms with Crippen molar-refractivity contribution in [1.29, 1.82) is 5.26 Å². The molecule has 0 aliphatic heterocycles. The van der Waals surface area contributed by atoms with Gasteiger partial charge in [0.1, 0.15) is 6.07 Å². The molecule has 2 rings (SSSR count). The van der Waals surface area contributed by atoms with Crippen LogP contribution in [0.1, 0.15) is 44.6 Å². The lowest BCUT2D eigenvalue weighted by atomic mass is 9.84. The van der Waals surface area contributed by atoms with Gasteiger partial charge < -0.3 is 11.1 Å². The van der Waals surface area contributed by atoms with Crippen molar-refractivity contribution in [2.75, 3.05) is 11.1 Å². The van der Waals surface area contributed by atoms with E-state index in [0.717, 1.165) is 11.6 Å². The van der Waals surface area contributed by atoms with Crippen LogP contribution in [-0.4, -0.2) is 6.04 Å². The van der Waals surface area contributed by atoms with Crippen LogP contribution in [0.2, 0.25) is 0 Å². The molecule has 0 spiro atoms. The van der Waals surface area contributed by atoms with Crippen LogP contribution in [-0.2, 0) is 0 Å². The highest BCUT2D eigenvalue weighted by atomic mass is 14.9. The molecule has 0 saturated heterocycles. The molecule has 0 radical (unpaired) electrons. The van der Waals surface area contributed by atoms with E-state index in [0.29, 0.717) is 17.3 Å². The number of nitriles is 1. The number of hydrogen-bond acceptors (Lipinski definition) is 3. The zero-order valence-electron chi connectivity index (χ0n) is 10.9. The molecule has 3 nitrogen and oxygen atoms in total. The van der Waals surface area contributed by atoms with Gasteiger partial charge in [-0.25, -0.2) is 0 Å². The average Bonchev–Trinajstić information content (AvgIpc) is 2.42. The lowest BCUT2D eigenvalue weighted by Gasteiger charge is -2.29. The Morgan fingerprint density at radius 2 is 2.06 bits per heavy atom. The smallest absolute Gasteiger partial charge is 0.101 e. The van der Waals surface area contributed by atoms with E-state index in [1.54, 1.807) is 6.07 Å². The maximum atomic E-state index is 8.97. The first-order valence-electron chi connectivity index (χ1n) is 6.77. The lowest BCUT2D eigenvalue weighted by molar-refractivity contribution is 0.328. The minimum atomic E-state index is 0.459. The second-order valence-corrected chi connectivity index (χ2v) is 5.24. The molecule has 1 saturated carbocycles. The number of nitrogens with zero attached hydrogens (tertiary/aromatic N) is 1. The van der Waals surface area contributed by atoms with Crippen LogP contribution in [0, 0.1) is 17.2 Å². The van der Waals surface area contributed by atoms with Gasteiger partial charge in [0, 0.05) is 17.4 Å². The summed E-state index contributed by atoms with van der Waals surface area (Å²) < 4.78 is 0. The molecule has 0 heterocycles. The van der Waals surface area contributed by atoms with Gasteiger partial charge in [-0.1, -0.05) is 19.3 Å². The highest BCUT2D eigenvalue weighted by molar-refractivity contribution is 5.62. The minimum Gasteiger partial charge on any atom is -0.398 e. The summed E-state index contributed by atoms with van der Waals surface area (Å²) in [6.45, 7) is 2.23. The van der Waals surface area contributed by atoms with E-state index in [4.69, 9.17) is 11.0 Å². The van der Waals surface area contributed by atoms with Crippen molar-refractivity contribution in [2.45, 2.75) is 45.1 Å². The zero-order valence-corrected chi connectivity index (χ0v) is 10.9. The van der Waals surface area contributed by atoms with Gasteiger partial charge in [0.05, 0.1) is 5.56 Å². The number of nitrogens with one attached hydrogen (secondary N) is 1. The van der Waals surface area contributed by atoms with Gasteiger partial charge >= 0.3 is 0 Å². The normalized spacial score (nSPS) is 18.0. The Morgan fingerprint density at radius 3 is 2.72 bits per heavy atom. The van der Waals surface area contributed by atoms with Crippen LogP contribution in [0.4, 0.5) is 11.4 Å². The molecule has 0 amide bonds. The van der Waals surface area contributed by atoms with Gasteiger partial charge in [0.15, 0.2) is 0 Å². The van der Waals surface area contributed by atoms with Crippen LogP contribution in [0.5, 0.6) is 0 Å². The molecule has 0 bridgehead atoms. The van der Waals surface area contributed by atoms with E-state index < -0.39 is 0 Å². The third-order valence-corrected chi connectivity index (χ3v) is 3.93. The fourth-order valence-electron chi connectivity index (χ4n) is 2.76. The Morgan fingerprint density at radius 1 is 1.33 bits per heavy atom. The van der Waals surface area contributed by atoms with E-state index >= 15 is 0 Å². The van der Waals surface area contributed by atoms with Gasteiger partial charge in [-0.15, -0.1) is 0 Å². The molecule has 18 heavy (non-hydrogen) atoms. The zero-order chi connectivity index (χ0) is 13.0. The Hall–Kier alpha value is -1.69. The predicted octanol–water partition coefficient (Wildman–Crippen LogP) is 3.52. The van der Waals surface area contributed by atoms with Crippen LogP contribution < -0.4 is 11.1 Å². The van der Waals surface area contributed by atoms with Crippen LogP contribution in [0.25, 0.3) is 0 Å². The minimum absolute atomic E-state index is 0.459. The van der Waals surface area contributed by atoms with Gasteiger partial charge in [0.25, 0.3) is 0 Å². The molecular formula is C15H21N3. The summed E-state index contributed by atoms with van der Waals surface area (Å²) in [5, 5.41) is 12.5. The summed E-state index contributed by atoms with van der Waals surface area (Å²) >= 11 is 0. The quantitative estimate of drug-likeness (QED) is 0.798. The second kappa shape index (κ2) is 5.77. The second-order valence-electron chi connectivity index (χ2n) is 5.24. The first-order chi connectivity index (χ1) is 8.70. The topological polar surface area (TPSA) is 61.8 Å². The van der Waals surface area contributed by atoms with Gasteiger partial charge in [-0.3, -0.25) is 0 Å². The molecule has 3 heteroatoms. The summed E-state index contributed by atoms with van der Waals surface area (Å²) in [5.41, 5.74) is 7.82. The number of anilines is 2.